The number of amides is 1. The average molecular weight is 270 g/mol. The molecule has 2 fully saturated rings. The lowest BCUT2D eigenvalue weighted by Gasteiger charge is -2.42. The molecule has 0 bridgehead atoms. The second-order valence-corrected chi connectivity index (χ2v) is 5.34. The van der Waals surface area contributed by atoms with Crippen molar-refractivity contribution in [2.45, 2.75) is 32.2 Å². The summed E-state index contributed by atoms with van der Waals surface area (Å²) >= 11 is 0. The summed E-state index contributed by atoms with van der Waals surface area (Å²) in [5.74, 6) is -1.01. The maximum absolute atomic E-state index is 12.8. The SMILES string of the molecule is CCC1(C(=O)N2CCOCC2C(=O)O)CCCNC1. The van der Waals surface area contributed by atoms with Crippen molar-refractivity contribution < 1.29 is 19.4 Å². The Labute approximate surface area is 113 Å². The third-order valence-corrected chi connectivity index (χ3v) is 4.28. The van der Waals surface area contributed by atoms with E-state index in [0.717, 1.165) is 25.8 Å². The van der Waals surface area contributed by atoms with Crippen LogP contribution < -0.4 is 5.32 Å². The fourth-order valence-electron chi connectivity index (χ4n) is 2.96. The minimum Gasteiger partial charge on any atom is -0.480 e. The van der Waals surface area contributed by atoms with E-state index in [1.807, 2.05) is 6.92 Å². The fraction of sp³-hybridized carbons (Fsp3) is 0.846. The van der Waals surface area contributed by atoms with Gasteiger partial charge >= 0.3 is 5.97 Å². The number of carboxylic acids is 1. The van der Waals surface area contributed by atoms with Gasteiger partial charge in [0.05, 0.1) is 18.6 Å². The van der Waals surface area contributed by atoms with E-state index in [4.69, 9.17) is 4.74 Å². The summed E-state index contributed by atoms with van der Waals surface area (Å²) in [7, 11) is 0. The van der Waals surface area contributed by atoms with Crippen molar-refractivity contribution in [1.29, 1.82) is 0 Å². The standard InChI is InChI=1S/C13H22N2O4/c1-2-13(4-3-5-14-9-13)12(18)15-6-7-19-8-10(15)11(16)17/h10,14H,2-9H2,1H3,(H,16,17). The highest BCUT2D eigenvalue weighted by Gasteiger charge is 2.44. The van der Waals surface area contributed by atoms with Gasteiger partial charge in [0.25, 0.3) is 0 Å². The minimum absolute atomic E-state index is 0.0297. The maximum Gasteiger partial charge on any atom is 0.328 e. The van der Waals surface area contributed by atoms with Crippen LogP contribution in [0.5, 0.6) is 0 Å². The van der Waals surface area contributed by atoms with Crippen LogP contribution in [0.3, 0.4) is 0 Å². The second kappa shape index (κ2) is 5.88. The van der Waals surface area contributed by atoms with Gasteiger partial charge in [0, 0.05) is 13.1 Å². The number of nitrogens with zero attached hydrogens (tertiary/aromatic N) is 1. The number of carboxylic acid groups (broad SMARTS) is 1. The molecule has 2 aliphatic rings. The minimum atomic E-state index is -0.983. The largest absolute Gasteiger partial charge is 0.480 e. The van der Waals surface area contributed by atoms with Gasteiger partial charge < -0.3 is 20.1 Å². The number of ether oxygens (including phenoxy) is 1. The Bertz CT molecular complexity index is 353. The van der Waals surface area contributed by atoms with Crippen LogP contribution >= 0.6 is 0 Å². The van der Waals surface area contributed by atoms with Gasteiger partial charge in [-0.25, -0.2) is 4.79 Å². The van der Waals surface area contributed by atoms with Gasteiger partial charge in [0.15, 0.2) is 6.04 Å². The van der Waals surface area contributed by atoms with E-state index in [2.05, 4.69) is 5.32 Å². The molecule has 0 aromatic carbocycles. The molecule has 0 aromatic rings. The van der Waals surface area contributed by atoms with E-state index in [-0.39, 0.29) is 12.5 Å². The first kappa shape index (κ1) is 14.3. The molecule has 0 radical (unpaired) electrons. The summed E-state index contributed by atoms with van der Waals surface area (Å²) in [5.41, 5.74) is -0.441. The molecule has 2 heterocycles. The zero-order chi connectivity index (χ0) is 13.9. The molecular formula is C13H22N2O4. The lowest BCUT2D eigenvalue weighted by molar-refractivity contribution is -0.164. The van der Waals surface area contributed by atoms with Crippen molar-refractivity contribution in [3.05, 3.63) is 0 Å². The number of carbonyl (C=O) groups excluding carboxylic acids is 1. The molecule has 2 N–H and O–H groups in total. The normalized spacial score (nSPS) is 32.1. The van der Waals surface area contributed by atoms with Crippen molar-refractivity contribution in [2.75, 3.05) is 32.8 Å². The van der Waals surface area contributed by atoms with Crippen LogP contribution in [-0.2, 0) is 14.3 Å². The molecule has 2 unspecified atom stereocenters. The lowest BCUT2D eigenvalue weighted by atomic mass is 9.76. The molecule has 2 atom stereocenters. The lowest BCUT2D eigenvalue weighted by Crippen LogP contribution is -2.59. The summed E-state index contributed by atoms with van der Waals surface area (Å²) in [5, 5.41) is 12.5. The molecule has 0 saturated carbocycles. The topological polar surface area (TPSA) is 78.9 Å². The molecule has 1 amide bonds. The van der Waals surface area contributed by atoms with Gasteiger partial charge in [-0.1, -0.05) is 6.92 Å². The molecule has 6 nitrogen and oxygen atoms in total. The van der Waals surface area contributed by atoms with E-state index >= 15 is 0 Å². The number of nitrogens with one attached hydrogen (secondary N) is 1. The maximum atomic E-state index is 12.8. The molecule has 6 heteroatoms. The first-order valence-corrected chi connectivity index (χ1v) is 6.93. The van der Waals surface area contributed by atoms with Crippen molar-refractivity contribution in [2.24, 2.45) is 5.41 Å². The third kappa shape index (κ3) is 2.74. The zero-order valence-electron chi connectivity index (χ0n) is 11.4. The first-order chi connectivity index (χ1) is 9.10. The molecule has 2 rings (SSSR count). The highest BCUT2D eigenvalue weighted by molar-refractivity contribution is 5.88. The molecule has 0 aromatic heterocycles. The van der Waals surface area contributed by atoms with Gasteiger partial charge in [0.1, 0.15) is 0 Å². The predicted molar refractivity (Wildman–Crippen MR) is 68.8 cm³/mol. The third-order valence-electron chi connectivity index (χ3n) is 4.28. The van der Waals surface area contributed by atoms with E-state index in [1.54, 1.807) is 0 Å². The van der Waals surface area contributed by atoms with Gasteiger partial charge in [0.2, 0.25) is 5.91 Å². The van der Waals surface area contributed by atoms with E-state index in [1.165, 1.54) is 4.90 Å². The van der Waals surface area contributed by atoms with Crippen molar-refractivity contribution in [3.63, 3.8) is 0 Å². The molecule has 2 saturated heterocycles. The van der Waals surface area contributed by atoms with Gasteiger partial charge in [-0.15, -0.1) is 0 Å². The Morgan fingerprint density at radius 3 is 2.89 bits per heavy atom. The number of hydrogen-bond acceptors (Lipinski definition) is 4. The number of aliphatic carboxylic acids is 1. The monoisotopic (exact) mass is 270 g/mol. The van der Waals surface area contributed by atoms with E-state index in [9.17, 15) is 14.7 Å². The van der Waals surface area contributed by atoms with Crippen LogP contribution in [0.15, 0.2) is 0 Å². The highest BCUT2D eigenvalue weighted by Crippen LogP contribution is 2.33. The first-order valence-electron chi connectivity index (χ1n) is 6.93. The van der Waals surface area contributed by atoms with Crippen LogP contribution in [0, 0.1) is 5.41 Å². The Kier molecular flexibility index (Phi) is 4.42. The fourth-order valence-corrected chi connectivity index (χ4v) is 2.96. The number of rotatable bonds is 3. The second-order valence-electron chi connectivity index (χ2n) is 5.34. The Morgan fingerprint density at radius 1 is 1.53 bits per heavy atom. The zero-order valence-corrected chi connectivity index (χ0v) is 11.4. The number of hydrogen-bond donors (Lipinski definition) is 2. The van der Waals surface area contributed by atoms with Crippen LogP contribution in [0.2, 0.25) is 0 Å². The predicted octanol–water partition coefficient (Wildman–Crippen LogP) is 0.0782. The van der Waals surface area contributed by atoms with Crippen molar-refractivity contribution >= 4 is 11.9 Å². The van der Waals surface area contributed by atoms with Crippen LogP contribution in [0.25, 0.3) is 0 Å². The molecular weight excluding hydrogens is 248 g/mol. The van der Waals surface area contributed by atoms with Crippen molar-refractivity contribution in [3.8, 4) is 0 Å². The number of carbonyl (C=O) groups is 2. The van der Waals surface area contributed by atoms with E-state index in [0.29, 0.717) is 19.7 Å². The van der Waals surface area contributed by atoms with Crippen LogP contribution in [0.4, 0.5) is 0 Å². The Balaban J connectivity index is 2.17. The Morgan fingerprint density at radius 2 is 2.32 bits per heavy atom. The average Bonchev–Trinajstić information content (AvgIpc) is 2.47. The number of morpholine rings is 1. The summed E-state index contributed by atoms with van der Waals surface area (Å²) in [6.07, 6.45) is 2.53. The van der Waals surface area contributed by atoms with Crippen LogP contribution in [-0.4, -0.2) is 60.8 Å². The summed E-state index contributed by atoms with van der Waals surface area (Å²) < 4.78 is 5.19. The summed E-state index contributed by atoms with van der Waals surface area (Å²) in [4.78, 5) is 25.5. The molecule has 108 valence electrons. The molecule has 19 heavy (non-hydrogen) atoms. The van der Waals surface area contributed by atoms with Crippen molar-refractivity contribution in [1.82, 2.24) is 10.2 Å². The molecule has 0 aliphatic carbocycles. The quantitative estimate of drug-likeness (QED) is 0.759. The summed E-state index contributed by atoms with van der Waals surface area (Å²) in [6, 6.07) is -0.841. The van der Waals surface area contributed by atoms with Gasteiger partial charge in [-0.3, -0.25) is 4.79 Å². The van der Waals surface area contributed by atoms with Gasteiger partial charge in [-0.2, -0.15) is 0 Å². The Hall–Kier alpha value is -1.14. The smallest absolute Gasteiger partial charge is 0.328 e. The van der Waals surface area contributed by atoms with Gasteiger partial charge in [-0.05, 0) is 25.8 Å². The molecule has 0 spiro atoms. The highest BCUT2D eigenvalue weighted by atomic mass is 16.5. The molecule has 2 aliphatic heterocycles. The van der Waals surface area contributed by atoms with Crippen LogP contribution in [0.1, 0.15) is 26.2 Å². The number of piperidine rings is 1. The summed E-state index contributed by atoms with van der Waals surface area (Å²) in [6.45, 7) is 4.46. The van der Waals surface area contributed by atoms with E-state index < -0.39 is 17.4 Å².